The molecule has 1 atom stereocenters. The maximum absolute atomic E-state index is 10.2. The Morgan fingerprint density at radius 1 is 1.06 bits per heavy atom. The summed E-state index contributed by atoms with van der Waals surface area (Å²) in [5.74, 6) is 0. The lowest BCUT2D eigenvalue weighted by molar-refractivity contribution is 0.178. The molecule has 3 N–H and O–H groups in total. The predicted octanol–water partition coefficient (Wildman–Crippen LogP) is 3.16. The van der Waals surface area contributed by atoms with E-state index >= 15 is 0 Å². The third-order valence-corrected chi connectivity index (χ3v) is 3.30. The van der Waals surface area contributed by atoms with Gasteiger partial charge in [0.2, 0.25) is 0 Å². The van der Waals surface area contributed by atoms with Crippen LogP contribution in [-0.2, 0) is 6.42 Å². The van der Waals surface area contributed by atoms with Gasteiger partial charge in [0.05, 0.1) is 6.10 Å². The molecule has 18 heavy (non-hydrogen) atoms. The van der Waals surface area contributed by atoms with Gasteiger partial charge in [-0.2, -0.15) is 0 Å². The molecular weight excluding hydrogens is 222 g/mol. The molecule has 0 radical (unpaired) electrons. The summed E-state index contributed by atoms with van der Waals surface area (Å²) in [5, 5.41) is 10.2. The van der Waals surface area contributed by atoms with E-state index in [1.54, 1.807) is 0 Å². The van der Waals surface area contributed by atoms with E-state index < -0.39 is 6.10 Å². The second kappa shape index (κ2) is 5.23. The highest BCUT2D eigenvalue weighted by Crippen LogP contribution is 2.21. The zero-order valence-electron chi connectivity index (χ0n) is 10.9. The van der Waals surface area contributed by atoms with Gasteiger partial charge in [-0.05, 0) is 48.2 Å². The number of aryl methyl sites for hydroxylation is 2. The van der Waals surface area contributed by atoms with Crippen molar-refractivity contribution < 1.29 is 5.11 Å². The molecule has 0 aliphatic heterocycles. The molecule has 0 spiro atoms. The molecule has 2 aromatic carbocycles. The van der Waals surface area contributed by atoms with Gasteiger partial charge in [-0.3, -0.25) is 0 Å². The first kappa shape index (κ1) is 12.7. The second-order valence-electron chi connectivity index (χ2n) is 4.81. The number of rotatable bonds is 3. The number of anilines is 1. The average molecular weight is 241 g/mol. The molecule has 0 heterocycles. The number of hydrogen-bond acceptors (Lipinski definition) is 2. The second-order valence-corrected chi connectivity index (χ2v) is 4.81. The molecule has 94 valence electrons. The monoisotopic (exact) mass is 241 g/mol. The van der Waals surface area contributed by atoms with Crippen molar-refractivity contribution in [3.63, 3.8) is 0 Å². The van der Waals surface area contributed by atoms with E-state index in [9.17, 15) is 5.11 Å². The van der Waals surface area contributed by atoms with E-state index in [2.05, 4.69) is 32.0 Å². The largest absolute Gasteiger partial charge is 0.399 e. The van der Waals surface area contributed by atoms with Crippen LogP contribution in [0.4, 0.5) is 5.69 Å². The van der Waals surface area contributed by atoms with Crippen molar-refractivity contribution in [2.45, 2.75) is 26.4 Å². The van der Waals surface area contributed by atoms with E-state index in [4.69, 9.17) is 5.73 Å². The topological polar surface area (TPSA) is 46.2 Å². The van der Waals surface area contributed by atoms with Crippen LogP contribution in [-0.4, -0.2) is 5.11 Å². The molecular formula is C16H19NO. The zero-order chi connectivity index (χ0) is 13.1. The summed E-state index contributed by atoms with van der Waals surface area (Å²) >= 11 is 0. The number of aliphatic hydroxyl groups is 1. The molecule has 0 aromatic heterocycles. The Balaban J connectivity index is 2.16. The van der Waals surface area contributed by atoms with E-state index in [-0.39, 0.29) is 0 Å². The molecule has 0 amide bonds. The molecule has 0 fully saturated rings. The fourth-order valence-electron chi connectivity index (χ4n) is 2.04. The molecule has 2 nitrogen and oxygen atoms in total. The fraction of sp³-hybridized carbons (Fsp3) is 0.250. The molecule has 0 aliphatic rings. The van der Waals surface area contributed by atoms with Gasteiger partial charge in [0.25, 0.3) is 0 Å². The van der Waals surface area contributed by atoms with Crippen molar-refractivity contribution in [1.29, 1.82) is 0 Å². The van der Waals surface area contributed by atoms with E-state index in [0.717, 1.165) is 11.1 Å². The van der Waals surface area contributed by atoms with Gasteiger partial charge in [0, 0.05) is 12.1 Å². The van der Waals surface area contributed by atoms with Crippen molar-refractivity contribution in [2.24, 2.45) is 0 Å². The minimum Gasteiger partial charge on any atom is -0.399 e. The Labute approximate surface area is 108 Å². The standard InChI is InChI=1S/C16H19NO/c1-11-6-7-13(8-12(11)2)9-16(18)14-4-3-5-15(17)10-14/h3-8,10,16,18H,9,17H2,1-2H3. The lowest BCUT2D eigenvalue weighted by atomic mass is 9.98. The van der Waals surface area contributed by atoms with Gasteiger partial charge in [0.1, 0.15) is 0 Å². The number of aliphatic hydroxyl groups excluding tert-OH is 1. The van der Waals surface area contributed by atoms with Crippen molar-refractivity contribution in [3.05, 3.63) is 64.7 Å². The maximum Gasteiger partial charge on any atom is 0.0831 e. The highest BCUT2D eigenvalue weighted by Gasteiger charge is 2.09. The Morgan fingerprint density at radius 3 is 2.50 bits per heavy atom. The minimum atomic E-state index is -0.504. The van der Waals surface area contributed by atoms with Crippen LogP contribution in [0, 0.1) is 13.8 Å². The van der Waals surface area contributed by atoms with Crippen molar-refractivity contribution in [1.82, 2.24) is 0 Å². The number of nitrogen functional groups attached to an aromatic ring is 1. The fourth-order valence-corrected chi connectivity index (χ4v) is 2.04. The summed E-state index contributed by atoms with van der Waals surface area (Å²) in [6, 6.07) is 13.7. The van der Waals surface area contributed by atoms with Crippen LogP contribution in [0.3, 0.4) is 0 Å². The summed E-state index contributed by atoms with van der Waals surface area (Å²) in [6.45, 7) is 4.18. The van der Waals surface area contributed by atoms with Crippen LogP contribution in [0.5, 0.6) is 0 Å². The van der Waals surface area contributed by atoms with Gasteiger partial charge in [-0.25, -0.2) is 0 Å². The Bertz CT molecular complexity index is 549. The van der Waals surface area contributed by atoms with Gasteiger partial charge in [-0.1, -0.05) is 30.3 Å². The normalized spacial score (nSPS) is 12.4. The zero-order valence-corrected chi connectivity index (χ0v) is 10.9. The summed E-state index contributed by atoms with van der Waals surface area (Å²) < 4.78 is 0. The lowest BCUT2D eigenvalue weighted by Gasteiger charge is -2.12. The lowest BCUT2D eigenvalue weighted by Crippen LogP contribution is -2.03. The first-order chi connectivity index (χ1) is 8.56. The molecule has 0 saturated heterocycles. The number of benzene rings is 2. The van der Waals surface area contributed by atoms with Crippen LogP contribution in [0.1, 0.15) is 28.4 Å². The van der Waals surface area contributed by atoms with Crippen LogP contribution in [0.15, 0.2) is 42.5 Å². The third kappa shape index (κ3) is 2.90. The number of nitrogens with two attached hydrogens (primary N) is 1. The van der Waals surface area contributed by atoms with E-state index in [0.29, 0.717) is 12.1 Å². The number of hydrogen-bond donors (Lipinski definition) is 2. The average Bonchev–Trinajstić information content (AvgIpc) is 2.34. The minimum absolute atomic E-state index is 0.504. The third-order valence-electron chi connectivity index (χ3n) is 3.30. The van der Waals surface area contributed by atoms with E-state index in [1.807, 2.05) is 24.3 Å². The summed E-state index contributed by atoms with van der Waals surface area (Å²) in [7, 11) is 0. The first-order valence-electron chi connectivity index (χ1n) is 6.16. The molecule has 0 bridgehead atoms. The summed E-state index contributed by atoms with van der Waals surface area (Å²) in [5.41, 5.74) is 11.0. The quantitative estimate of drug-likeness (QED) is 0.811. The maximum atomic E-state index is 10.2. The van der Waals surface area contributed by atoms with Crippen molar-refractivity contribution >= 4 is 5.69 Å². The predicted molar refractivity (Wildman–Crippen MR) is 75.4 cm³/mol. The molecule has 2 heteroatoms. The molecule has 0 saturated carbocycles. The SMILES string of the molecule is Cc1ccc(CC(O)c2cccc(N)c2)cc1C. The highest BCUT2D eigenvalue weighted by molar-refractivity contribution is 5.41. The van der Waals surface area contributed by atoms with Gasteiger partial charge < -0.3 is 10.8 Å². The van der Waals surface area contributed by atoms with E-state index in [1.165, 1.54) is 11.1 Å². The summed E-state index contributed by atoms with van der Waals surface area (Å²) in [4.78, 5) is 0. The van der Waals surface area contributed by atoms with Crippen LogP contribution >= 0.6 is 0 Å². The highest BCUT2D eigenvalue weighted by atomic mass is 16.3. The Hall–Kier alpha value is -1.80. The Morgan fingerprint density at radius 2 is 1.83 bits per heavy atom. The van der Waals surface area contributed by atoms with Gasteiger partial charge in [0.15, 0.2) is 0 Å². The van der Waals surface area contributed by atoms with Crippen LogP contribution in [0.2, 0.25) is 0 Å². The molecule has 2 rings (SSSR count). The van der Waals surface area contributed by atoms with Gasteiger partial charge in [-0.15, -0.1) is 0 Å². The smallest absolute Gasteiger partial charge is 0.0831 e. The van der Waals surface area contributed by atoms with Crippen molar-refractivity contribution in [2.75, 3.05) is 5.73 Å². The Kier molecular flexibility index (Phi) is 3.68. The molecule has 2 aromatic rings. The van der Waals surface area contributed by atoms with Crippen LogP contribution < -0.4 is 5.73 Å². The summed E-state index contributed by atoms with van der Waals surface area (Å²) in [6.07, 6.45) is 0.112. The van der Waals surface area contributed by atoms with Gasteiger partial charge >= 0.3 is 0 Å². The molecule has 0 aliphatic carbocycles. The van der Waals surface area contributed by atoms with Crippen LogP contribution in [0.25, 0.3) is 0 Å². The molecule has 1 unspecified atom stereocenters. The van der Waals surface area contributed by atoms with Crippen molar-refractivity contribution in [3.8, 4) is 0 Å². The first-order valence-corrected chi connectivity index (χ1v) is 6.16.